The highest BCUT2D eigenvalue weighted by molar-refractivity contribution is 5.88. The number of aliphatic hydroxyl groups is 2. The first kappa shape index (κ1) is 20.4. The normalized spacial score (nSPS) is 30.3. The number of aromatic hydroxyl groups is 2. The number of hydrogen-bond donors (Lipinski definition) is 5. The van der Waals surface area contributed by atoms with Crippen LogP contribution in [0.5, 0.6) is 11.5 Å². The van der Waals surface area contributed by atoms with Crippen molar-refractivity contribution in [3.63, 3.8) is 0 Å². The van der Waals surface area contributed by atoms with E-state index in [0.29, 0.717) is 28.9 Å². The van der Waals surface area contributed by atoms with Gasteiger partial charge in [-0.2, -0.15) is 0 Å². The maximum Gasteiger partial charge on any atom is 0.247 e. The van der Waals surface area contributed by atoms with E-state index in [1.807, 2.05) is 0 Å². The molecule has 6 nitrogen and oxygen atoms in total. The van der Waals surface area contributed by atoms with Crippen LogP contribution in [0.3, 0.4) is 0 Å². The van der Waals surface area contributed by atoms with E-state index in [0.717, 1.165) is 25.3 Å². The molecule has 0 heterocycles. The second kappa shape index (κ2) is 7.74. The summed E-state index contributed by atoms with van der Waals surface area (Å²) in [7, 11) is 0. The van der Waals surface area contributed by atoms with Crippen molar-refractivity contribution >= 4 is 5.91 Å². The van der Waals surface area contributed by atoms with E-state index >= 15 is 0 Å². The van der Waals surface area contributed by atoms with Gasteiger partial charge in [-0.1, -0.05) is 6.58 Å². The summed E-state index contributed by atoms with van der Waals surface area (Å²) in [4.78, 5) is 12.1. The number of carbonyl (C=O) groups is 1. The molecule has 30 heavy (non-hydrogen) atoms. The Kier molecular flexibility index (Phi) is 5.26. The number of amides is 1. The van der Waals surface area contributed by atoms with Gasteiger partial charge >= 0.3 is 0 Å². The molecule has 160 valence electrons. The summed E-state index contributed by atoms with van der Waals surface area (Å²) < 4.78 is 0. The lowest BCUT2D eigenvalue weighted by Crippen LogP contribution is -2.47. The van der Waals surface area contributed by atoms with Crippen molar-refractivity contribution in [2.75, 3.05) is 0 Å². The third-order valence-electron chi connectivity index (χ3n) is 7.07. The predicted molar refractivity (Wildman–Crippen MR) is 113 cm³/mol. The van der Waals surface area contributed by atoms with Crippen LogP contribution in [0.1, 0.15) is 44.1 Å². The second-order valence-electron chi connectivity index (χ2n) is 9.31. The monoisotopic (exact) mass is 411 g/mol. The summed E-state index contributed by atoms with van der Waals surface area (Å²) in [6.45, 7) is 4.20. The summed E-state index contributed by atoms with van der Waals surface area (Å²) in [5.41, 5.74) is 1.03. The van der Waals surface area contributed by atoms with Crippen LogP contribution in [0, 0.1) is 23.2 Å². The lowest BCUT2D eigenvalue weighted by Gasteiger charge is -2.57. The van der Waals surface area contributed by atoms with Crippen molar-refractivity contribution in [2.24, 2.45) is 23.2 Å². The molecular weight excluding hydrogens is 382 g/mol. The molecule has 4 fully saturated rings. The number of hydrogen-bond acceptors (Lipinski definition) is 5. The van der Waals surface area contributed by atoms with Crippen molar-refractivity contribution < 1.29 is 25.2 Å². The van der Waals surface area contributed by atoms with E-state index in [9.17, 15) is 25.2 Å². The third-order valence-corrected chi connectivity index (χ3v) is 7.07. The maximum absolute atomic E-state index is 12.1. The number of allylic oxidation sites excluding steroid dienone is 2. The zero-order valence-electron chi connectivity index (χ0n) is 17.0. The first-order valence-corrected chi connectivity index (χ1v) is 10.5. The Labute approximate surface area is 176 Å². The van der Waals surface area contributed by atoms with E-state index in [4.69, 9.17) is 0 Å². The molecule has 4 aliphatic rings. The van der Waals surface area contributed by atoms with Gasteiger partial charge < -0.3 is 25.7 Å². The number of benzene rings is 1. The van der Waals surface area contributed by atoms with Crippen molar-refractivity contribution in [1.82, 2.24) is 5.32 Å². The number of carbonyl (C=O) groups excluding carboxylic acids is 1. The molecule has 0 radical (unpaired) electrons. The fourth-order valence-corrected chi connectivity index (χ4v) is 6.09. The van der Waals surface area contributed by atoms with Gasteiger partial charge in [0, 0.05) is 30.3 Å². The Morgan fingerprint density at radius 2 is 1.67 bits per heavy atom. The van der Waals surface area contributed by atoms with Crippen molar-refractivity contribution in [2.45, 2.75) is 45.1 Å². The van der Waals surface area contributed by atoms with Crippen LogP contribution in [0.2, 0.25) is 0 Å². The summed E-state index contributed by atoms with van der Waals surface area (Å²) in [5.74, 6) is 0.962. The van der Waals surface area contributed by atoms with Gasteiger partial charge in [0.2, 0.25) is 5.91 Å². The molecule has 0 saturated heterocycles. The van der Waals surface area contributed by atoms with E-state index in [1.54, 1.807) is 0 Å². The molecule has 0 aromatic heterocycles. The van der Waals surface area contributed by atoms with Crippen LogP contribution < -0.4 is 5.32 Å². The first-order valence-electron chi connectivity index (χ1n) is 10.5. The standard InChI is InChI=1S/C24H29NO5/c1-14(24-10-15-4-16(11-24)6-17(5-15)12-24)21(28)8-20(27)9-23(30)25-13-18-2-3-19(26)7-22(18)29/h2-3,7-9,15-17,26-29H,1,4-6,10-13H2,(H,25,30)/b20-9-,21-8+. The van der Waals surface area contributed by atoms with Crippen LogP contribution in [-0.2, 0) is 11.3 Å². The molecule has 1 aromatic carbocycles. The highest BCUT2D eigenvalue weighted by atomic mass is 16.3. The number of phenols is 2. The molecule has 0 atom stereocenters. The average Bonchev–Trinajstić information content (AvgIpc) is 2.65. The van der Waals surface area contributed by atoms with Crippen molar-refractivity contribution in [3.05, 3.63) is 59.6 Å². The van der Waals surface area contributed by atoms with Gasteiger partial charge in [-0.25, -0.2) is 0 Å². The highest BCUT2D eigenvalue weighted by Crippen LogP contribution is 2.63. The van der Waals surface area contributed by atoms with Crippen LogP contribution in [0.15, 0.2) is 54.0 Å². The van der Waals surface area contributed by atoms with Crippen LogP contribution in [-0.4, -0.2) is 26.3 Å². The zero-order chi connectivity index (χ0) is 21.5. The van der Waals surface area contributed by atoms with Crippen LogP contribution in [0.4, 0.5) is 0 Å². The second-order valence-corrected chi connectivity index (χ2v) is 9.31. The van der Waals surface area contributed by atoms with Gasteiger partial charge in [0.25, 0.3) is 0 Å². The van der Waals surface area contributed by atoms with Gasteiger partial charge in [0.1, 0.15) is 23.0 Å². The van der Waals surface area contributed by atoms with Gasteiger partial charge in [0.05, 0.1) is 0 Å². The van der Waals surface area contributed by atoms with Gasteiger partial charge in [0.15, 0.2) is 0 Å². The summed E-state index contributed by atoms with van der Waals surface area (Å²) in [6, 6.07) is 4.09. The Bertz CT molecular complexity index is 894. The van der Waals surface area contributed by atoms with Crippen LogP contribution >= 0.6 is 0 Å². The smallest absolute Gasteiger partial charge is 0.247 e. The minimum Gasteiger partial charge on any atom is -0.508 e. The molecular formula is C24H29NO5. The Balaban J connectivity index is 1.39. The summed E-state index contributed by atoms with van der Waals surface area (Å²) in [5, 5.41) is 42.4. The van der Waals surface area contributed by atoms with E-state index in [-0.39, 0.29) is 35.0 Å². The average molecular weight is 411 g/mol. The predicted octanol–water partition coefficient (Wildman–Crippen LogP) is 4.37. The molecule has 5 N–H and O–H groups in total. The SMILES string of the molecule is C=C(/C(O)=C\C(O)=C\C(=O)NCc1ccc(O)cc1O)C12CC3CC(CC(C3)C1)C2. The molecule has 0 unspecified atom stereocenters. The first-order chi connectivity index (χ1) is 14.2. The molecule has 0 aliphatic heterocycles. The topological polar surface area (TPSA) is 110 Å². The number of nitrogens with one attached hydrogen (secondary N) is 1. The fourth-order valence-electron chi connectivity index (χ4n) is 6.09. The van der Waals surface area contributed by atoms with Crippen LogP contribution in [0.25, 0.3) is 0 Å². The number of rotatable bonds is 6. The fraction of sp³-hybridized carbons (Fsp3) is 0.458. The molecule has 4 bridgehead atoms. The number of phenolic OH excluding ortho intramolecular Hbond substituents is 2. The van der Waals surface area contributed by atoms with Crippen molar-refractivity contribution in [1.29, 1.82) is 0 Å². The largest absolute Gasteiger partial charge is 0.508 e. The van der Waals surface area contributed by atoms with Gasteiger partial charge in [-0.3, -0.25) is 4.79 Å². The summed E-state index contributed by atoms with van der Waals surface area (Å²) in [6.07, 6.45) is 9.21. The lowest BCUT2D eigenvalue weighted by molar-refractivity contribution is -0.116. The van der Waals surface area contributed by atoms with E-state index in [2.05, 4.69) is 11.9 Å². The highest BCUT2D eigenvalue weighted by Gasteiger charge is 2.52. The zero-order valence-corrected chi connectivity index (χ0v) is 17.0. The molecule has 4 saturated carbocycles. The third kappa shape index (κ3) is 4.04. The molecule has 4 aliphatic carbocycles. The summed E-state index contributed by atoms with van der Waals surface area (Å²) >= 11 is 0. The van der Waals surface area contributed by atoms with E-state index < -0.39 is 5.91 Å². The molecule has 6 heteroatoms. The number of aliphatic hydroxyl groups excluding tert-OH is 2. The minimum atomic E-state index is -0.565. The van der Waals surface area contributed by atoms with E-state index in [1.165, 1.54) is 43.5 Å². The Morgan fingerprint density at radius 1 is 1.07 bits per heavy atom. The molecule has 5 rings (SSSR count). The quantitative estimate of drug-likeness (QED) is 0.271. The molecule has 1 amide bonds. The molecule has 0 spiro atoms. The maximum atomic E-state index is 12.1. The lowest BCUT2D eigenvalue weighted by atomic mass is 9.48. The van der Waals surface area contributed by atoms with Gasteiger partial charge in [-0.15, -0.1) is 0 Å². The van der Waals surface area contributed by atoms with Gasteiger partial charge in [-0.05, 0) is 79.4 Å². The Morgan fingerprint density at radius 3 is 2.23 bits per heavy atom. The Hall–Kier alpha value is -2.89. The molecule has 1 aromatic rings. The minimum absolute atomic E-state index is 0.0322. The van der Waals surface area contributed by atoms with Crippen molar-refractivity contribution in [3.8, 4) is 11.5 Å².